The molecule has 29 heavy (non-hydrogen) atoms. The number of allylic oxidation sites excluding steroid dienone is 1. The summed E-state index contributed by atoms with van der Waals surface area (Å²) < 4.78 is 71.5. The molecule has 0 aliphatic carbocycles. The average Bonchev–Trinajstić information content (AvgIpc) is 3.11. The molecule has 0 spiro atoms. The first-order chi connectivity index (χ1) is 13.7. The molecule has 3 rings (SSSR count). The highest BCUT2D eigenvalue weighted by Gasteiger charge is 2.49. The second-order valence-corrected chi connectivity index (χ2v) is 8.35. The quantitative estimate of drug-likeness (QED) is 0.358. The highest BCUT2D eigenvalue weighted by atomic mass is 32.2. The van der Waals surface area contributed by atoms with Gasteiger partial charge in [-0.3, -0.25) is 0 Å². The van der Waals surface area contributed by atoms with Crippen LogP contribution in [0.15, 0.2) is 72.0 Å². The van der Waals surface area contributed by atoms with Gasteiger partial charge in [0.1, 0.15) is 5.76 Å². The lowest BCUT2D eigenvalue weighted by Crippen LogP contribution is -2.25. The Bertz CT molecular complexity index is 954. The molecule has 2 aromatic carbocycles. The van der Waals surface area contributed by atoms with Gasteiger partial charge >= 0.3 is 15.6 Å². The lowest BCUT2D eigenvalue weighted by molar-refractivity contribution is -0.0523. The van der Waals surface area contributed by atoms with Crippen LogP contribution in [-0.2, 0) is 25.5 Å². The SMILES string of the molecule is C/C(OS(=O)(=O)C(F)(F)F)=C1/C[C@@H](c2ccccc2)O[C@H]1CCc1ccccc1. The Balaban J connectivity index is 1.85. The van der Waals surface area contributed by atoms with Gasteiger partial charge in [-0.25, -0.2) is 0 Å². The minimum atomic E-state index is -5.72. The van der Waals surface area contributed by atoms with E-state index < -0.39 is 21.7 Å². The highest BCUT2D eigenvalue weighted by molar-refractivity contribution is 7.87. The van der Waals surface area contributed by atoms with Crippen molar-refractivity contribution in [2.75, 3.05) is 0 Å². The molecule has 156 valence electrons. The Morgan fingerprint density at radius 2 is 1.66 bits per heavy atom. The largest absolute Gasteiger partial charge is 0.534 e. The van der Waals surface area contributed by atoms with E-state index in [0.717, 1.165) is 11.1 Å². The van der Waals surface area contributed by atoms with E-state index in [1.807, 2.05) is 60.7 Å². The van der Waals surface area contributed by atoms with Gasteiger partial charge in [0.25, 0.3) is 0 Å². The summed E-state index contributed by atoms with van der Waals surface area (Å²) in [6.45, 7) is 1.24. The van der Waals surface area contributed by atoms with Crippen LogP contribution in [0.25, 0.3) is 0 Å². The normalized spacial score (nSPS) is 21.8. The fourth-order valence-corrected chi connectivity index (χ4v) is 3.87. The van der Waals surface area contributed by atoms with Gasteiger partial charge in [-0.15, -0.1) is 0 Å². The van der Waals surface area contributed by atoms with Gasteiger partial charge in [0.15, 0.2) is 0 Å². The molecule has 1 aliphatic rings. The van der Waals surface area contributed by atoms with Crippen molar-refractivity contribution in [3.05, 3.63) is 83.1 Å². The number of alkyl halides is 3. The van der Waals surface area contributed by atoms with Gasteiger partial charge in [-0.05, 0) is 30.9 Å². The molecule has 4 nitrogen and oxygen atoms in total. The number of hydrogen-bond acceptors (Lipinski definition) is 4. The smallest absolute Gasteiger partial charge is 0.381 e. The Morgan fingerprint density at radius 3 is 2.24 bits per heavy atom. The molecule has 0 radical (unpaired) electrons. The third-order valence-electron chi connectivity index (χ3n) is 4.80. The van der Waals surface area contributed by atoms with Crippen molar-refractivity contribution in [3.63, 3.8) is 0 Å². The molecule has 1 fully saturated rings. The van der Waals surface area contributed by atoms with Crippen LogP contribution in [0.2, 0.25) is 0 Å². The summed E-state index contributed by atoms with van der Waals surface area (Å²) in [5.41, 5.74) is -3.12. The number of benzene rings is 2. The Kier molecular flexibility index (Phi) is 6.33. The number of ether oxygens (including phenoxy) is 1. The van der Waals surface area contributed by atoms with Crippen molar-refractivity contribution in [1.82, 2.24) is 0 Å². The Labute approximate surface area is 168 Å². The van der Waals surface area contributed by atoms with Crippen LogP contribution in [0, 0.1) is 0 Å². The summed E-state index contributed by atoms with van der Waals surface area (Å²) >= 11 is 0. The van der Waals surface area contributed by atoms with E-state index in [1.54, 1.807) is 0 Å². The number of hydrogen-bond donors (Lipinski definition) is 0. The van der Waals surface area contributed by atoms with E-state index in [2.05, 4.69) is 4.18 Å². The van der Waals surface area contributed by atoms with Crippen molar-refractivity contribution >= 4 is 10.1 Å². The summed E-state index contributed by atoms with van der Waals surface area (Å²) in [6.07, 6.45) is 0.483. The number of aryl methyl sites for hydroxylation is 1. The fourth-order valence-electron chi connectivity index (χ4n) is 3.34. The fraction of sp³-hybridized carbons (Fsp3) is 0.333. The van der Waals surface area contributed by atoms with Crippen LogP contribution in [0.5, 0.6) is 0 Å². The first kappa shape index (κ1) is 21.4. The highest BCUT2D eigenvalue weighted by Crippen LogP contribution is 2.41. The molecule has 0 unspecified atom stereocenters. The topological polar surface area (TPSA) is 52.6 Å². The van der Waals surface area contributed by atoms with Crippen LogP contribution >= 0.6 is 0 Å². The second-order valence-electron chi connectivity index (χ2n) is 6.82. The maximum absolute atomic E-state index is 12.7. The maximum Gasteiger partial charge on any atom is 0.534 e. The van der Waals surface area contributed by atoms with Crippen LogP contribution in [-0.4, -0.2) is 20.0 Å². The molecule has 0 aromatic heterocycles. The van der Waals surface area contributed by atoms with Crippen LogP contribution in [0.4, 0.5) is 13.2 Å². The monoisotopic (exact) mass is 426 g/mol. The molecule has 0 saturated carbocycles. The summed E-state index contributed by atoms with van der Waals surface area (Å²) in [5.74, 6) is -0.279. The van der Waals surface area contributed by atoms with E-state index in [4.69, 9.17) is 4.74 Å². The molecule has 0 bridgehead atoms. The molecule has 1 aliphatic heterocycles. The van der Waals surface area contributed by atoms with E-state index in [0.29, 0.717) is 18.4 Å². The Morgan fingerprint density at radius 1 is 1.07 bits per heavy atom. The van der Waals surface area contributed by atoms with Gasteiger partial charge in [0.05, 0.1) is 12.2 Å². The van der Waals surface area contributed by atoms with Crippen molar-refractivity contribution in [2.45, 2.75) is 43.9 Å². The van der Waals surface area contributed by atoms with Gasteiger partial charge in [-0.2, -0.15) is 21.6 Å². The Hall–Kier alpha value is -2.32. The molecule has 0 amide bonds. The van der Waals surface area contributed by atoms with Crippen LogP contribution < -0.4 is 0 Å². The number of rotatable bonds is 6. The zero-order valence-electron chi connectivity index (χ0n) is 15.7. The average molecular weight is 426 g/mol. The predicted molar refractivity (Wildman–Crippen MR) is 102 cm³/mol. The van der Waals surface area contributed by atoms with Gasteiger partial charge in [-0.1, -0.05) is 60.7 Å². The van der Waals surface area contributed by atoms with E-state index in [9.17, 15) is 21.6 Å². The van der Waals surface area contributed by atoms with Crippen LogP contribution in [0.3, 0.4) is 0 Å². The lowest BCUT2D eigenvalue weighted by Gasteiger charge is -2.16. The van der Waals surface area contributed by atoms with E-state index >= 15 is 0 Å². The third-order valence-corrected chi connectivity index (χ3v) is 5.84. The maximum atomic E-state index is 12.7. The van der Waals surface area contributed by atoms with Gasteiger partial charge in [0, 0.05) is 12.0 Å². The molecule has 1 heterocycles. The summed E-state index contributed by atoms with van der Waals surface area (Å²) in [7, 11) is -5.72. The molecule has 1 saturated heterocycles. The number of halogens is 3. The van der Waals surface area contributed by atoms with E-state index in [1.165, 1.54) is 6.92 Å². The zero-order chi connectivity index (χ0) is 21.1. The molecule has 8 heteroatoms. The summed E-state index contributed by atoms with van der Waals surface area (Å²) in [6, 6.07) is 18.9. The minimum Gasteiger partial charge on any atom is -0.381 e. The van der Waals surface area contributed by atoms with Crippen molar-refractivity contribution in [1.29, 1.82) is 0 Å². The van der Waals surface area contributed by atoms with Crippen molar-refractivity contribution in [2.24, 2.45) is 0 Å². The first-order valence-electron chi connectivity index (χ1n) is 9.12. The van der Waals surface area contributed by atoms with Crippen LogP contribution in [0.1, 0.15) is 37.0 Å². The summed E-state index contributed by atoms with van der Waals surface area (Å²) in [4.78, 5) is 0. The molecular weight excluding hydrogens is 405 g/mol. The van der Waals surface area contributed by atoms with Crippen molar-refractivity contribution < 1.29 is 30.5 Å². The van der Waals surface area contributed by atoms with Crippen molar-refractivity contribution in [3.8, 4) is 0 Å². The molecule has 2 atom stereocenters. The predicted octanol–water partition coefficient (Wildman–Crippen LogP) is 5.29. The third kappa shape index (κ3) is 5.19. The second kappa shape index (κ2) is 8.59. The molecule has 2 aromatic rings. The minimum absolute atomic E-state index is 0.267. The van der Waals surface area contributed by atoms with Gasteiger partial charge < -0.3 is 8.92 Å². The van der Waals surface area contributed by atoms with E-state index in [-0.39, 0.29) is 18.3 Å². The van der Waals surface area contributed by atoms with Gasteiger partial charge in [0.2, 0.25) is 0 Å². The zero-order valence-corrected chi connectivity index (χ0v) is 16.5. The lowest BCUT2D eigenvalue weighted by atomic mass is 9.98. The molecular formula is C21H21F3O4S. The summed E-state index contributed by atoms with van der Waals surface area (Å²) in [5, 5.41) is 0. The first-order valence-corrected chi connectivity index (χ1v) is 10.5. The molecule has 0 N–H and O–H groups in total. The standard InChI is InChI=1S/C21H21F3O4S/c1-15(28-29(25,26)21(22,23)24)18-14-20(17-10-6-3-7-11-17)27-19(18)13-12-16-8-4-2-5-9-16/h2-11,19-20H,12-14H2,1H3/b18-15+/t19-,20-/m0/s1.